The van der Waals surface area contributed by atoms with E-state index in [0.29, 0.717) is 0 Å². The number of carbonyl (C=O) groups excluding carboxylic acids is 1. The number of aromatic nitrogens is 2. The number of hydrogen-bond donors (Lipinski definition) is 1. The molecule has 0 aliphatic carbocycles. The van der Waals surface area contributed by atoms with Gasteiger partial charge in [0.05, 0.1) is 0 Å². The second-order valence-corrected chi connectivity index (χ2v) is 0.971. The molecule has 0 aliphatic heterocycles. The Labute approximate surface area is 44.7 Å². The van der Waals surface area contributed by atoms with E-state index in [2.05, 4.69) is 14.6 Å². The molecule has 8 heavy (non-hydrogen) atoms. The molecule has 0 bridgehead atoms. The van der Waals surface area contributed by atoms with Gasteiger partial charge in [-0.05, 0) is 0 Å². The third kappa shape index (κ3) is 0.810. The molecule has 1 aromatic rings. The Balaban J connectivity index is 2.62. The molecule has 1 rings (SSSR count). The van der Waals surface area contributed by atoms with Gasteiger partial charge in [0.1, 0.15) is 0 Å². The van der Waals surface area contributed by atoms with Crippen LogP contribution >= 0.6 is 0 Å². The Morgan fingerprint density at radius 3 is 3.25 bits per heavy atom. The van der Waals surface area contributed by atoms with Crippen LogP contribution in [0.25, 0.3) is 0 Å². The molecule has 0 saturated carbocycles. The molecule has 1 heterocycles. The highest BCUT2D eigenvalue weighted by molar-refractivity contribution is 5.66. The van der Waals surface area contributed by atoms with Gasteiger partial charge in [0.25, 0.3) is 0 Å². The molecule has 0 spiro atoms. The molecule has 0 unspecified atom stereocenters. The molecule has 0 saturated heterocycles. The minimum absolute atomic E-state index is 0.0556. The number of rotatable bonds is 2. The van der Waals surface area contributed by atoms with E-state index >= 15 is 0 Å². The summed E-state index contributed by atoms with van der Waals surface area (Å²) in [5.41, 5.74) is 0. The third-order valence-corrected chi connectivity index (χ3v) is 0.518. The van der Waals surface area contributed by atoms with E-state index in [-0.39, 0.29) is 6.01 Å². The van der Waals surface area contributed by atoms with Gasteiger partial charge in [-0.1, -0.05) is 5.10 Å². The molecule has 0 atom stereocenters. The minimum Gasteiger partial charge on any atom is -0.411 e. The van der Waals surface area contributed by atoms with E-state index in [0.717, 1.165) is 6.39 Å². The molecule has 0 fully saturated rings. The van der Waals surface area contributed by atoms with E-state index in [9.17, 15) is 4.79 Å². The van der Waals surface area contributed by atoms with Crippen LogP contribution in [0, 0.1) is 0 Å². The first-order chi connectivity index (χ1) is 3.93. The highest BCUT2D eigenvalue weighted by atomic mass is 16.4. The molecule has 5 heteroatoms. The van der Waals surface area contributed by atoms with Crippen molar-refractivity contribution < 1.29 is 9.21 Å². The molecule has 5 nitrogen and oxygen atoms in total. The normalized spacial score (nSPS) is 8.50. The summed E-state index contributed by atoms with van der Waals surface area (Å²) in [7, 11) is 0. The maximum atomic E-state index is 9.51. The molecular formula is C3H2N3O2. The largest absolute Gasteiger partial charge is 0.411 e. The molecule has 1 radical (unpaired) electrons. The third-order valence-electron chi connectivity index (χ3n) is 0.518. The van der Waals surface area contributed by atoms with Crippen molar-refractivity contribution in [3.8, 4) is 0 Å². The zero-order valence-electron chi connectivity index (χ0n) is 3.79. The van der Waals surface area contributed by atoms with Crippen LogP contribution in [0.5, 0.6) is 0 Å². The predicted octanol–water partition coefficient (Wildman–Crippen LogP) is -0.451. The second-order valence-electron chi connectivity index (χ2n) is 0.971. The summed E-state index contributed by atoms with van der Waals surface area (Å²) >= 11 is 0. The molecular weight excluding hydrogens is 110 g/mol. The zero-order chi connectivity index (χ0) is 5.82. The van der Waals surface area contributed by atoms with Crippen molar-refractivity contribution >= 4 is 12.4 Å². The average Bonchev–Trinajstić information content (AvgIpc) is 2.19. The number of anilines is 1. The lowest BCUT2D eigenvalue weighted by atomic mass is 11.1. The quantitative estimate of drug-likeness (QED) is 0.526. The van der Waals surface area contributed by atoms with Crippen LogP contribution in [-0.2, 0) is 4.79 Å². The summed E-state index contributed by atoms with van der Waals surface area (Å²) < 4.78 is 4.48. The maximum absolute atomic E-state index is 9.51. The fourth-order valence-corrected chi connectivity index (χ4v) is 0.271. The van der Waals surface area contributed by atoms with Crippen LogP contribution < -0.4 is 5.32 Å². The lowest BCUT2D eigenvalue weighted by Crippen LogP contribution is -1.92. The number of nitrogens with zero attached hydrogens (tertiary/aromatic N) is 2. The standard InChI is InChI=1S/C3H2N3O2/c7-1-4-3-6-5-2-8-3/h2H,(H,4,6,7). The van der Waals surface area contributed by atoms with Crippen molar-refractivity contribution in [3.05, 3.63) is 6.39 Å². The first-order valence-electron chi connectivity index (χ1n) is 1.83. The Morgan fingerprint density at radius 1 is 1.88 bits per heavy atom. The highest BCUT2D eigenvalue weighted by Gasteiger charge is 1.91. The number of nitrogens with one attached hydrogen (secondary N) is 1. The number of amides is 1. The SMILES string of the molecule is O=[C]Nc1nnco1. The summed E-state index contributed by atoms with van der Waals surface area (Å²) in [6.07, 6.45) is 2.48. The van der Waals surface area contributed by atoms with Gasteiger partial charge in [0.2, 0.25) is 6.39 Å². The zero-order valence-corrected chi connectivity index (χ0v) is 3.79. The van der Waals surface area contributed by atoms with Crippen LogP contribution in [0.1, 0.15) is 0 Å². The van der Waals surface area contributed by atoms with Crippen LogP contribution in [0.2, 0.25) is 0 Å². The van der Waals surface area contributed by atoms with Gasteiger partial charge in [-0.2, -0.15) is 0 Å². The Kier molecular flexibility index (Phi) is 1.23. The Morgan fingerprint density at radius 2 is 2.75 bits per heavy atom. The predicted molar refractivity (Wildman–Crippen MR) is 23.6 cm³/mol. The molecule has 1 aromatic heterocycles. The van der Waals surface area contributed by atoms with Crippen molar-refractivity contribution in [3.63, 3.8) is 0 Å². The molecule has 41 valence electrons. The van der Waals surface area contributed by atoms with E-state index in [1.165, 1.54) is 6.41 Å². The smallest absolute Gasteiger partial charge is 0.322 e. The van der Waals surface area contributed by atoms with Crippen molar-refractivity contribution in [2.24, 2.45) is 0 Å². The topological polar surface area (TPSA) is 68.0 Å². The van der Waals surface area contributed by atoms with Gasteiger partial charge in [0.15, 0.2) is 0 Å². The number of hydrogen-bond acceptors (Lipinski definition) is 4. The summed E-state index contributed by atoms with van der Waals surface area (Å²) in [5, 5.41) is 8.64. The van der Waals surface area contributed by atoms with Crippen LogP contribution in [0.3, 0.4) is 0 Å². The summed E-state index contributed by atoms with van der Waals surface area (Å²) in [4.78, 5) is 9.51. The molecule has 0 aliphatic rings. The van der Waals surface area contributed by atoms with Crippen molar-refractivity contribution in [2.45, 2.75) is 0 Å². The van der Waals surface area contributed by atoms with E-state index in [1.54, 1.807) is 0 Å². The second kappa shape index (κ2) is 2.06. The van der Waals surface area contributed by atoms with E-state index in [1.807, 2.05) is 5.32 Å². The van der Waals surface area contributed by atoms with Gasteiger partial charge < -0.3 is 4.42 Å². The van der Waals surface area contributed by atoms with E-state index < -0.39 is 0 Å². The van der Waals surface area contributed by atoms with Gasteiger partial charge in [-0.3, -0.25) is 10.1 Å². The lowest BCUT2D eigenvalue weighted by molar-refractivity contribution is 0.548. The van der Waals surface area contributed by atoms with Crippen LogP contribution in [0.4, 0.5) is 6.01 Å². The Hall–Kier alpha value is -1.39. The van der Waals surface area contributed by atoms with Crippen molar-refractivity contribution in [1.29, 1.82) is 0 Å². The van der Waals surface area contributed by atoms with Gasteiger partial charge >= 0.3 is 12.4 Å². The van der Waals surface area contributed by atoms with Gasteiger partial charge in [0, 0.05) is 0 Å². The van der Waals surface area contributed by atoms with Crippen molar-refractivity contribution in [2.75, 3.05) is 5.32 Å². The average molecular weight is 112 g/mol. The Bertz CT molecular complexity index is 159. The molecule has 1 amide bonds. The summed E-state index contributed by atoms with van der Waals surface area (Å²) in [6.45, 7) is 0. The fourth-order valence-electron chi connectivity index (χ4n) is 0.271. The highest BCUT2D eigenvalue weighted by Crippen LogP contribution is 1.93. The first-order valence-corrected chi connectivity index (χ1v) is 1.83. The fraction of sp³-hybridized carbons (Fsp3) is 0. The van der Waals surface area contributed by atoms with E-state index in [4.69, 9.17) is 0 Å². The minimum atomic E-state index is 0.0556. The monoisotopic (exact) mass is 112 g/mol. The summed E-state index contributed by atoms with van der Waals surface area (Å²) in [6, 6.07) is 0.0556. The molecule has 0 aromatic carbocycles. The lowest BCUT2D eigenvalue weighted by Gasteiger charge is -1.78. The maximum Gasteiger partial charge on any atom is 0.322 e. The van der Waals surface area contributed by atoms with Crippen LogP contribution in [-0.4, -0.2) is 16.6 Å². The van der Waals surface area contributed by atoms with Gasteiger partial charge in [-0.15, -0.1) is 5.10 Å². The van der Waals surface area contributed by atoms with Gasteiger partial charge in [-0.25, -0.2) is 0 Å². The summed E-state index contributed by atoms with van der Waals surface area (Å²) in [5.74, 6) is 0. The van der Waals surface area contributed by atoms with Crippen molar-refractivity contribution in [1.82, 2.24) is 10.2 Å². The van der Waals surface area contributed by atoms with Crippen LogP contribution in [0.15, 0.2) is 10.8 Å². The first kappa shape index (κ1) is 4.76. The molecule has 1 N–H and O–H groups in total.